The van der Waals surface area contributed by atoms with Crippen LogP contribution in [0, 0.1) is 0 Å². The standard InChI is InChI=1S/C31H37Cl2N3O5S/c1-6-28(30(38)34-31(3,4)5)35(20-22-13-18-26(32)27(33)19-22)29(37)21-36(23-14-16-24(17-15-23)41-7-2)42(39,40)25-11-9-8-10-12-25/h8-19,28H,6-7,20-21H2,1-5H3,(H,34,38)/t28-/m1/s1. The molecular formula is C31H37Cl2N3O5S. The Morgan fingerprint density at radius 1 is 0.929 bits per heavy atom. The van der Waals surface area contributed by atoms with E-state index in [0.717, 1.165) is 4.31 Å². The molecule has 42 heavy (non-hydrogen) atoms. The predicted molar refractivity (Wildman–Crippen MR) is 168 cm³/mol. The van der Waals surface area contributed by atoms with Crippen LogP contribution in [0.2, 0.25) is 10.0 Å². The van der Waals surface area contributed by atoms with E-state index in [1.165, 1.54) is 17.0 Å². The van der Waals surface area contributed by atoms with Crippen LogP contribution < -0.4 is 14.4 Å². The summed E-state index contributed by atoms with van der Waals surface area (Å²) in [6, 6.07) is 18.4. The molecule has 2 amide bonds. The molecule has 0 unspecified atom stereocenters. The van der Waals surface area contributed by atoms with Crippen molar-refractivity contribution in [2.75, 3.05) is 17.5 Å². The number of hydrogen-bond acceptors (Lipinski definition) is 5. The zero-order chi connectivity index (χ0) is 31.1. The van der Waals surface area contributed by atoms with Gasteiger partial charge in [-0.2, -0.15) is 0 Å². The van der Waals surface area contributed by atoms with Gasteiger partial charge in [-0.3, -0.25) is 13.9 Å². The topological polar surface area (TPSA) is 96.0 Å². The Bertz CT molecular complexity index is 1480. The van der Waals surface area contributed by atoms with Crippen molar-refractivity contribution in [3.05, 3.63) is 88.4 Å². The zero-order valence-electron chi connectivity index (χ0n) is 24.4. The lowest BCUT2D eigenvalue weighted by atomic mass is 10.1. The van der Waals surface area contributed by atoms with E-state index in [2.05, 4.69) is 5.32 Å². The van der Waals surface area contributed by atoms with Crippen LogP contribution in [0.25, 0.3) is 0 Å². The molecule has 1 atom stereocenters. The van der Waals surface area contributed by atoms with Crippen LogP contribution in [0.1, 0.15) is 46.6 Å². The van der Waals surface area contributed by atoms with Crippen molar-refractivity contribution in [2.24, 2.45) is 0 Å². The second-order valence-electron chi connectivity index (χ2n) is 10.7. The minimum Gasteiger partial charge on any atom is -0.494 e. The molecule has 0 saturated heterocycles. The normalized spacial score (nSPS) is 12.4. The number of benzene rings is 3. The van der Waals surface area contributed by atoms with Crippen molar-refractivity contribution < 1.29 is 22.7 Å². The molecule has 226 valence electrons. The van der Waals surface area contributed by atoms with Gasteiger partial charge in [-0.1, -0.05) is 54.4 Å². The van der Waals surface area contributed by atoms with Crippen LogP contribution in [-0.2, 0) is 26.2 Å². The number of rotatable bonds is 12. The summed E-state index contributed by atoms with van der Waals surface area (Å²) in [6.45, 7) is 9.10. The fourth-order valence-corrected chi connectivity index (χ4v) is 6.09. The number of halogens is 2. The molecule has 0 radical (unpaired) electrons. The van der Waals surface area contributed by atoms with E-state index < -0.39 is 34.1 Å². The van der Waals surface area contributed by atoms with E-state index in [1.807, 2.05) is 27.7 Å². The summed E-state index contributed by atoms with van der Waals surface area (Å²) in [4.78, 5) is 29.0. The van der Waals surface area contributed by atoms with Gasteiger partial charge in [0.05, 0.1) is 27.2 Å². The highest BCUT2D eigenvalue weighted by atomic mass is 35.5. The molecule has 0 fully saturated rings. The third-order valence-electron chi connectivity index (χ3n) is 6.27. The molecule has 0 bridgehead atoms. The van der Waals surface area contributed by atoms with E-state index >= 15 is 0 Å². The Balaban J connectivity index is 2.08. The fourth-order valence-electron chi connectivity index (χ4n) is 4.33. The van der Waals surface area contributed by atoms with Crippen LogP contribution in [0.5, 0.6) is 5.75 Å². The van der Waals surface area contributed by atoms with E-state index in [4.69, 9.17) is 27.9 Å². The maximum absolute atomic E-state index is 14.2. The van der Waals surface area contributed by atoms with Gasteiger partial charge >= 0.3 is 0 Å². The number of carbonyl (C=O) groups excluding carboxylic acids is 2. The third-order valence-corrected chi connectivity index (χ3v) is 8.79. The molecule has 0 aliphatic rings. The van der Waals surface area contributed by atoms with Crippen LogP contribution in [0.3, 0.4) is 0 Å². The van der Waals surface area contributed by atoms with Crippen molar-refractivity contribution in [3.8, 4) is 5.75 Å². The Morgan fingerprint density at radius 3 is 2.12 bits per heavy atom. The zero-order valence-corrected chi connectivity index (χ0v) is 26.8. The summed E-state index contributed by atoms with van der Waals surface area (Å²) in [6.07, 6.45) is 0.295. The van der Waals surface area contributed by atoms with Crippen molar-refractivity contribution in [1.82, 2.24) is 10.2 Å². The number of sulfonamides is 1. The maximum Gasteiger partial charge on any atom is 0.264 e. The number of ether oxygens (including phenoxy) is 1. The Hall–Kier alpha value is -3.27. The summed E-state index contributed by atoms with van der Waals surface area (Å²) >= 11 is 12.4. The Labute approximate surface area is 258 Å². The average Bonchev–Trinajstić information content (AvgIpc) is 2.93. The van der Waals surface area contributed by atoms with Gasteiger partial charge in [0.15, 0.2) is 0 Å². The molecule has 11 heteroatoms. The van der Waals surface area contributed by atoms with E-state index in [9.17, 15) is 18.0 Å². The third kappa shape index (κ3) is 8.63. The first-order chi connectivity index (χ1) is 19.8. The Kier molecular flexibility index (Phi) is 11.3. The molecule has 0 saturated carbocycles. The molecule has 0 aliphatic heterocycles. The molecule has 0 spiro atoms. The number of carbonyl (C=O) groups is 2. The quantitative estimate of drug-likeness (QED) is 0.252. The van der Waals surface area contributed by atoms with Crippen molar-refractivity contribution in [1.29, 1.82) is 0 Å². The molecule has 8 nitrogen and oxygen atoms in total. The van der Waals surface area contributed by atoms with Gasteiger partial charge in [-0.25, -0.2) is 8.42 Å². The first-order valence-electron chi connectivity index (χ1n) is 13.6. The van der Waals surface area contributed by atoms with Gasteiger partial charge in [0, 0.05) is 12.1 Å². The van der Waals surface area contributed by atoms with Gasteiger partial charge in [0.1, 0.15) is 18.3 Å². The lowest BCUT2D eigenvalue weighted by molar-refractivity contribution is -0.141. The number of nitrogens with zero attached hydrogens (tertiary/aromatic N) is 2. The van der Waals surface area contributed by atoms with Crippen molar-refractivity contribution in [2.45, 2.75) is 64.1 Å². The average molecular weight is 635 g/mol. The fraction of sp³-hybridized carbons (Fsp3) is 0.355. The van der Waals surface area contributed by atoms with Crippen LogP contribution in [-0.4, -0.2) is 49.9 Å². The van der Waals surface area contributed by atoms with E-state index in [1.54, 1.807) is 67.6 Å². The Morgan fingerprint density at radius 2 is 1.57 bits per heavy atom. The first-order valence-corrected chi connectivity index (χ1v) is 15.8. The number of hydrogen-bond donors (Lipinski definition) is 1. The highest BCUT2D eigenvalue weighted by Gasteiger charge is 2.34. The van der Waals surface area contributed by atoms with E-state index in [0.29, 0.717) is 34.4 Å². The molecule has 1 N–H and O–H groups in total. The maximum atomic E-state index is 14.2. The number of amides is 2. The SMILES string of the molecule is CCOc1ccc(N(CC(=O)N(Cc2ccc(Cl)c(Cl)c2)[C@H](CC)C(=O)NC(C)(C)C)S(=O)(=O)c2ccccc2)cc1. The minimum atomic E-state index is -4.17. The van der Waals surface area contributed by atoms with Crippen LogP contribution in [0.15, 0.2) is 77.7 Å². The molecular weight excluding hydrogens is 597 g/mol. The van der Waals surface area contributed by atoms with Gasteiger partial charge in [0.25, 0.3) is 10.0 Å². The summed E-state index contributed by atoms with van der Waals surface area (Å²) in [5.41, 5.74) is 0.365. The largest absolute Gasteiger partial charge is 0.494 e. The smallest absolute Gasteiger partial charge is 0.264 e. The lowest BCUT2D eigenvalue weighted by Crippen LogP contribution is -2.55. The summed E-state index contributed by atoms with van der Waals surface area (Å²) in [7, 11) is -4.17. The number of anilines is 1. The van der Waals surface area contributed by atoms with Gasteiger partial charge < -0.3 is 15.0 Å². The molecule has 3 aromatic rings. The van der Waals surface area contributed by atoms with Gasteiger partial charge in [-0.15, -0.1) is 0 Å². The second-order valence-corrected chi connectivity index (χ2v) is 13.4. The monoisotopic (exact) mass is 633 g/mol. The molecule has 3 aromatic carbocycles. The number of nitrogens with one attached hydrogen (secondary N) is 1. The summed E-state index contributed by atoms with van der Waals surface area (Å²) in [5.74, 6) is -0.349. The molecule has 0 aliphatic carbocycles. The van der Waals surface area contributed by atoms with E-state index in [-0.39, 0.29) is 23.0 Å². The van der Waals surface area contributed by atoms with Gasteiger partial charge in [-0.05, 0) is 88.2 Å². The second kappa shape index (κ2) is 14.3. The summed E-state index contributed by atoms with van der Waals surface area (Å²) in [5, 5.41) is 3.60. The minimum absolute atomic E-state index is 0.00823. The van der Waals surface area contributed by atoms with Crippen LogP contribution in [0.4, 0.5) is 5.69 Å². The van der Waals surface area contributed by atoms with Gasteiger partial charge in [0.2, 0.25) is 11.8 Å². The summed E-state index contributed by atoms with van der Waals surface area (Å²) < 4.78 is 34.4. The highest BCUT2D eigenvalue weighted by molar-refractivity contribution is 7.92. The van der Waals surface area contributed by atoms with Crippen LogP contribution >= 0.6 is 23.2 Å². The van der Waals surface area contributed by atoms with Crippen molar-refractivity contribution in [3.63, 3.8) is 0 Å². The molecule has 3 rings (SSSR count). The van der Waals surface area contributed by atoms with Crippen molar-refractivity contribution >= 4 is 50.7 Å². The first kappa shape index (κ1) is 33.2. The highest BCUT2D eigenvalue weighted by Crippen LogP contribution is 2.28. The lowest BCUT2D eigenvalue weighted by Gasteiger charge is -2.34. The molecule has 0 aromatic heterocycles. The molecule has 0 heterocycles. The predicted octanol–water partition coefficient (Wildman–Crippen LogP) is 6.31.